The highest BCUT2D eigenvalue weighted by atomic mass is 16.4. The largest absolute Gasteiger partial charge is 0.481 e. The lowest BCUT2D eigenvalue weighted by molar-refractivity contribution is -0.147. The molecular weight excluding hydrogens is 458 g/mol. The number of aliphatic carboxylic acids is 1. The molecule has 0 bridgehead atoms. The molecule has 0 aromatic carbocycles. The number of nitrogens with zero attached hydrogens (tertiary/aromatic N) is 5. The van der Waals surface area contributed by atoms with Gasteiger partial charge in [-0.2, -0.15) is 5.10 Å². The Hall–Kier alpha value is -2.97. The first-order valence-electron chi connectivity index (χ1n) is 13.1. The van der Waals surface area contributed by atoms with Crippen LogP contribution in [-0.2, 0) is 9.59 Å². The third kappa shape index (κ3) is 4.97. The molecule has 0 unspecified atom stereocenters. The number of fused-ring (bicyclic) bond motifs is 1. The lowest BCUT2D eigenvalue weighted by Gasteiger charge is -2.47. The average molecular weight is 498 g/mol. The van der Waals surface area contributed by atoms with Crippen LogP contribution in [0.15, 0.2) is 12.3 Å². The smallest absolute Gasteiger partial charge is 0.306 e. The van der Waals surface area contributed by atoms with Gasteiger partial charge in [0.1, 0.15) is 5.69 Å². The van der Waals surface area contributed by atoms with Crippen molar-refractivity contribution in [2.45, 2.75) is 84.6 Å². The van der Waals surface area contributed by atoms with Crippen LogP contribution in [-0.4, -0.2) is 72.5 Å². The monoisotopic (exact) mass is 497 g/mol. The number of carboxylic acid groups (broad SMARTS) is 1. The van der Waals surface area contributed by atoms with Gasteiger partial charge in [-0.25, -0.2) is 9.50 Å². The van der Waals surface area contributed by atoms with Gasteiger partial charge in [-0.1, -0.05) is 27.7 Å². The van der Waals surface area contributed by atoms with Crippen LogP contribution in [0.2, 0.25) is 0 Å². The minimum absolute atomic E-state index is 0.0822. The van der Waals surface area contributed by atoms with Crippen molar-refractivity contribution in [2.75, 3.05) is 19.6 Å². The molecule has 9 nitrogen and oxygen atoms in total. The maximum absolute atomic E-state index is 13.6. The molecule has 2 amide bonds. The van der Waals surface area contributed by atoms with Crippen LogP contribution in [0.1, 0.15) is 101 Å². The van der Waals surface area contributed by atoms with Crippen molar-refractivity contribution in [2.24, 2.45) is 11.8 Å². The number of rotatable bonds is 5. The maximum atomic E-state index is 13.6. The van der Waals surface area contributed by atoms with Gasteiger partial charge < -0.3 is 14.9 Å². The Balaban J connectivity index is 1.50. The SMILES string of the molecule is CC(C)c1cc(C(C)C)c2nc(C(=O)N3CCN(C(=O)[C@H]4CC[C@@H](C(=O)O)CC4)CC3(C)C)cn2n1. The third-order valence-corrected chi connectivity index (χ3v) is 7.79. The van der Waals surface area contributed by atoms with Gasteiger partial charge in [0.2, 0.25) is 5.91 Å². The van der Waals surface area contributed by atoms with E-state index in [1.807, 2.05) is 23.6 Å². The van der Waals surface area contributed by atoms with Crippen LogP contribution in [0.4, 0.5) is 0 Å². The summed E-state index contributed by atoms with van der Waals surface area (Å²) in [6, 6.07) is 2.09. The minimum atomic E-state index is -0.766. The number of aromatic nitrogens is 3. The highest BCUT2D eigenvalue weighted by Gasteiger charge is 2.41. The molecule has 196 valence electrons. The molecule has 0 atom stereocenters. The van der Waals surface area contributed by atoms with Gasteiger partial charge in [0, 0.05) is 31.1 Å². The molecule has 0 radical (unpaired) electrons. The molecule has 3 heterocycles. The summed E-state index contributed by atoms with van der Waals surface area (Å²) in [6.07, 6.45) is 4.04. The number of carbonyl (C=O) groups excluding carboxylic acids is 2. The molecule has 36 heavy (non-hydrogen) atoms. The number of piperazine rings is 1. The minimum Gasteiger partial charge on any atom is -0.481 e. The van der Waals surface area contributed by atoms with Crippen molar-refractivity contribution in [3.8, 4) is 0 Å². The van der Waals surface area contributed by atoms with Crippen molar-refractivity contribution >= 4 is 23.4 Å². The Morgan fingerprint density at radius 2 is 1.64 bits per heavy atom. The summed E-state index contributed by atoms with van der Waals surface area (Å²) in [5.74, 6) is -0.802. The standard InChI is InChI=1S/C27H39N5O4/c1-16(2)20-13-21(17(3)4)29-32-14-22(28-23(20)32)25(34)31-12-11-30(15-27(31,5)6)24(33)18-7-9-19(10-8-18)26(35)36/h13-14,16-19H,7-12,15H2,1-6H3,(H,35,36)/t18-,19+. The number of hydrogen-bond donors (Lipinski definition) is 1. The van der Waals surface area contributed by atoms with Crippen molar-refractivity contribution in [3.63, 3.8) is 0 Å². The summed E-state index contributed by atoms with van der Waals surface area (Å²) in [4.78, 5) is 46.5. The topological polar surface area (TPSA) is 108 Å². The van der Waals surface area contributed by atoms with Gasteiger partial charge in [0.25, 0.3) is 5.91 Å². The number of hydrogen-bond acceptors (Lipinski definition) is 5. The number of imidazole rings is 1. The van der Waals surface area contributed by atoms with E-state index >= 15 is 0 Å². The van der Waals surface area contributed by atoms with E-state index in [1.54, 1.807) is 10.7 Å². The Kier molecular flexibility index (Phi) is 7.12. The van der Waals surface area contributed by atoms with Gasteiger partial charge in [0.05, 0.1) is 23.3 Å². The van der Waals surface area contributed by atoms with E-state index in [1.165, 1.54) is 0 Å². The Morgan fingerprint density at radius 1 is 1.00 bits per heavy atom. The average Bonchev–Trinajstić information content (AvgIpc) is 3.26. The predicted octanol–water partition coefficient (Wildman–Crippen LogP) is 3.93. The van der Waals surface area contributed by atoms with Gasteiger partial charge in [-0.3, -0.25) is 14.4 Å². The van der Waals surface area contributed by atoms with Crippen LogP contribution >= 0.6 is 0 Å². The summed E-state index contributed by atoms with van der Waals surface area (Å²) >= 11 is 0. The van der Waals surface area contributed by atoms with Gasteiger partial charge in [0.15, 0.2) is 5.65 Å². The van der Waals surface area contributed by atoms with E-state index in [2.05, 4.69) is 33.8 Å². The molecule has 0 spiro atoms. The fourth-order valence-electron chi connectivity index (χ4n) is 5.53. The molecule has 1 aliphatic heterocycles. The zero-order valence-corrected chi connectivity index (χ0v) is 22.3. The summed E-state index contributed by atoms with van der Waals surface area (Å²) in [5.41, 5.74) is 2.55. The molecule has 2 aromatic heterocycles. The lowest BCUT2D eigenvalue weighted by atomic mass is 9.81. The first kappa shape index (κ1) is 26.1. The molecule has 9 heteroatoms. The zero-order chi connectivity index (χ0) is 26.4. The summed E-state index contributed by atoms with van der Waals surface area (Å²) in [6.45, 7) is 13.7. The fourth-order valence-corrected chi connectivity index (χ4v) is 5.53. The zero-order valence-electron chi connectivity index (χ0n) is 22.3. The maximum Gasteiger partial charge on any atom is 0.306 e. The fraction of sp³-hybridized carbons (Fsp3) is 0.667. The van der Waals surface area contributed by atoms with Crippen LogP contribution in [0.5, 0.6) is 0 Å². The molecule has 1 saturated heterocycles. The highest BCUT2D eigenvalue weighted by Crippen LogP contribution is 2.32. The van der Waals surface area contributed by atoms with Crippen molar-refractivity contribution in [1.82, 2.24) is 24.4 Å². The molecular formula is C27H39N5O4. The van der Waals surface area contributed by atoms with Crippen molar-refractivity contribution < 1.29 is 19.5 Å². The van der Waals surface area contributed by atoms with Crippen molar-refractivity contribution in [3.05, 3.63) is 29.2 Å². The first-order valence-corrected chi connectivity index (χ1v) is 13.1. The lowest BCUT2D eigenvalue weighted by Crippen LogP contribution is -2.62. The number of carboxylic acids is 1. The molecule has 2 fully saturated rings. The molecule has 4 rings (SSSR count). The summed E-state index contributed by atoms with van der Waals surface area (Å²) in [5, 5.41) is 13.9. The van der Waals surface area contributed by atoms with E-state index in [9.17, 15) is 19.5 Å². The van der Waals surface area contributed by atoms with Crippen LogP contribution in [0.25, 0.3) is 5.65 Å². The van der Waals surface area contributed by atoms with Gasteiger partial charge in [-0.15, -0.1) is 0 Å². The van der Waals surface area contributed by atoms with Gasteiger partial charge >= 0.3 is 5.97 Å². The predicted molar refractivity (Wildman–Crippen MR) is 136 cm³/mol. The Morgan fingerprint density at radius 3 is 2.19 bits per heavy atom. The van der Waals surface area contributed by atoms with Gasteiger partial charge in [-0.05, 0) is 57.4 Å². The molecule has 1 saturated carbocycles. The first-order chi connectivity index (χ1) is 16.9. The number of amides is 2. The Bertz CT molecular complexity index is 1160. The van der Waals surface area contributed by atoms with E-state index in [4.69, 9.17) is 10.1 Å². The highest BCUT2D eigenvalue weighted by molar-refractivity contribution is 5.94. The second-order valence-corrected chi connectivity index (χ2v) is 11.6. The third-order valence-electron chi connectivity index (χ3n) is 7.79. The normalized spacial score (nSPS) is 22.4. The van der Waals surface area contributed by atoms with Crippen LogP contribution in [0.3, 0.4) is 0 Å². The van der Waals surface area contributed by atoms with Crippen LogP contribution in [0, 0.1) is 11.8 Å². The Labute approximate surface area is 212 Å². The summed E-state index contributed by atoms with van der Waals surface area (Å²) < 4.78 is 1.73. The van der Waals surface area contributed by atoms with Crippen molar-refractivity contribution in [1.29, 1.82) is 0 Å². The second kappa shape index (κ2) is 9.82. The van der Waals surface area contributed by atoms with E-state index in [-0.39, 0.29) is 35.5 Å². The van der Waals surface area contributed by atoms with Crippen LogP contribution < -0.4 is 0 Å². The summed E-state index contributed by atoms with van der Waals surface area (Å²) in [7, 11) is 0. The van der Waals surface area contributed by atoms with E-state index < -0.39 is 11.5 Å². The molecule has 1 aliphatic carbocycles. The quantitative estimate of drug-likeness (QED) is 0.671. The van der Waals surface area contributed by atoms with E-state index in [0.29, 0.717) is 56.7 Å². The molecule has 2 aromatic rings. The molecule has 1 N–H and O–H groups in total. The van der Waals surface area contributed by atoms with E-state index in [0.717, 1.165) is 11.3 Å². The second-order valence-electron chi connectivity index (χ2n) is 11.6. The molecule has 2 aliphatic rings. The number of carbonyl (C=O) groups is 3.